The number of hydrogen-bond acceptors (Lipinski definition) is 4. The van der Waals surface area contributed by atoms with E-state index in [0.717, 1.165) is 60.7 Å². The van der Waals surface area contributed by atoms with Crippen LogP contribution in [0, 0.1) is 0 Å². The van der Waals surface area contributed by atoms with Gasteiger partial charge in [0.05, 0.1) is 16.7 Å². The summed E-state index contributed by atoms with van der Waals surface area (Å²) in [4.78, 5) is 15.3. The summed E-state index contributed by atoms with van der Waals surface area (Å²) in [6.45, 7) is 0. The fourth-order valence-electron chi connectivity index (χ4n) is 7.85. The number of aromatic nitrogens is 4. The van der Waals surface area contributed by atoms with Gasteiger partial charge in [-0.15, -0.1) is 0 Å². The minimum absolute atomic E-state index is 0.596. The van der Waals surface area contributed by atoms with Crippen molar-refractivity contribution in [1.82, 2.24) is 19.5 Å². The summed E-state index contributed by atoms with van der Waals surface area (Å²) in [6, 6.07) is 59.1. The normalized spacial score (nSPS) is 11.8. The van der Waals surface area contributed by atoms with Crippen molar-refractivity contribution < 1.29 is 4.42 Å². The number of furan rings is 1. The minimum Gasteiger partial charge on any atom is -0.454 e. The average Bonchev–Trinajstić information content (AvgIpc) is 3.77. The van der Waals surface area contributed by atoms with Crippen LogP contribution in [0.1, 0.15) is 0 Å². The Balaban J connectivity index is 1.18. The summed E-state index contributed by atoms with van der Waals surface area (Å²) in [7, 11) is 0. The molecule has 0 amide bonds. The summed E-state index contributed by atoms with van der Waals surface area (Å²) in [5.41, 5.74) is 7.63. The molecule has 5 heteroatoms. The molecule has 3 heterocycles. The molecule has 0 radical (unpaired) electrons. The molecule has 0 atom stereocenters. The van der Waals surface area contributed by atoms with E-state index in [2.05, 4.69) is 132 Å². The summed E-state index contributed by atoms with van der Waals surface area (Å²) in [5.74, 6) is 1.84. The van der Waals surface area contributed by atoms with E-state index in [-0.39, 0.29) is 0 Å². The molecule has 0 bridgehead atoms. The molecule has 11 rings (SSSR count). The van der Waals surface area contributed by atoms with Gasteiger partial charge < -0.3 is 8.98 Å². The number of nitrogens with zero attached hydrogens (tertiary/aromatic N) is 4. The lowest BCUT2D eigenvalue weighted by Gasteiger charge is -2.11. The molecule has 8 aromatic carbocycles. The Labute approximate surface area is 298 Å². The predicted molar refractivity (Wildman–Crippen MR) is 213 cm³/mol. The van der Waals surface area contributed by atoms with Crippen LogP contribution >= 0.6 is 0 Å². The summed E-state index contributed by atoms with van der Waals surface area (Å²) < 4.78 is 9.23. The van der Waals surface area contributed by atoms with E-state index < -0.39 is 0 Å². The highest BCUT2D eigenvalue weighted by Crippen LogP contribution is 2.42. The molecule has 52 heavy (non-hydrogen) atoms. The lowest BCUT2D eigenvalue weighted by Crippen LogP contribution is -2.00. The second-order valence-corrected chi connectivity index (χ2v) is 13.2. The maximum absolute atomic E-state index is 6.87. The molecule has 0 unspecified atom stereocenters. The second kappa shape index (κ2) is 11.2. The van der Waals surface area contributed by atoms with Crippen molar-refractivity contribution in [3.8, 4) is 39.9 Å². The van der Waals surface area contributed by atoms with Crippen molar-refractivity contribution in [2.24, 2.45) is 0 Å². The zero-order valence-electron chi connectivity index (χ0n) is 27.9. The van der Waals surface area contributed by atoms with E-state index in [1.165, 1.54) is 26.9 Å². The third kappa shape index (κ3) is 4.33. The SMILES string of the molecule is c1ccc(-c2nc(-c3ccc4ccccc4c3)nc(-c3cccc4oc5c(-n6c7ccccc7c7ccc8ccccc8c76)cccc5c34)n2)cc1. The van der Waals surface area contributed by atoms with Gasteiger partial charge in [-0.2, -0.15) is 0 Å². The van der Waals surface area contributed by atoms with Crippen LogP contribution in [0.3, 0.4) is 0 Å². The number of fused-ring (bicyclic) bond motifs is 9. The Hall–Kier alpha value is -7.11. The van der Waals surface area contributed by atoms with Crippen molar-refractivity contribution in [1.29, 1.82) is 0 Å². The van der Waals surface area contributed by atoms with Gasteiger partial charge in [0, 0.05) is 43.6 Å². The smallest absolute Gasteiger partial charge is 0.164 e. The molecular formula is C47H28N4O. The van der Waals surface area contributed by atoms with Crippen LogP contribution < -0.4 is 0 Å². The zero-order valence-corrected chi connectivity index (χ0v) is 27.9. The van der Waals surface area contributed by atoms with Gasteiger partial charge in [0.25, 0.3) is 0 Å². The van der Waals surface area contributed by atoms with E-state index in [9.17, 15) is 0 Å². The molecule has 0 saturated carbocycles. The Bertz CT molecular complexity index is 3190. The highest BCUT2D eigenvalue weighted by atomic mass is 16.3. The van der Waals surface area contributed by atoms with Gasteiger partial charge in [-0.25, -0.2) is 15.0 Å². The lowest BCUT2D eigenvalue weighted by atomic mass is 10.0. The van der Waals surface area contributed by atoms with Gasteiger partial charge in [-0.05, 0) is 40.4 Å². The molecule has 0 N–H and O–H groups in total. The molecular weight excluding hydrogens is 637 g/mol. The van der Waals surface area contributed by atoms with Gasteiger partial charge in [0.1, 0.15) is 5.58 Å². The van der Waals surface area contributed by atoms with E-state index in [1.54, 1.807) is 0 Å². The molecule has 242 valence electrons. The summed E-state index contributed by atoms with van der Waals surface area (Å²) in [5, 5.41) is 9.10. The molecule has 0 spiro atoms. The topological polar surface area (TPSA) is 56.7 Å². The van der Waals surface area contributed by atoms with Crippen LogP contribution in [-0.4, -0.2) is 19.5 Å². The molecule has 0 aliphatic rings. The third-order valence-corrected chi connectivity index (χ3v) is 10.2. The van der Waals surface area contributed by atoms with Gasteiger partial charge in [-0.3, -0.25) is 0 Å². The number of hydrogen-bond donors (Lipinski definition) is 0. The zero-order chi connectivity index (χ0) is 34.2. The first-order chi connectivity index (χ1) is 25.8. The summed E-state index contributed by atoms with van der Waals surface area (Å²) >= 11 is 0. The van der Waals surface area contributed by atoms with Crippen LogP contribution in [0.5, 0.6) is 0 Å². The van der Waals surface area contributed by atoms with Crippen LogP contribution in [0.15, 0.2) is 174 Å². The second-order valence-electron chi connectivity index (χ2n) is 13.2. The lowest BCUT2D eigenvalue weighted by molar-refractivity contribution is 0.666. The average molecular weight is 665 g/mol. The van der Waals surface area contributed by atoms with E-state index in [4.69, 9.17) is 19.4 Å². The van der Waals surface area contributed by atoms with Crippen molar-refractivity contribution >= 4 is 65.3 Å². The van der Waals surface area contributed by atoms with E-state index >= 15 is 0 Å². The molecule has 11 aromatic rings. The van der Waals surface area contributed by atoms with Crippen molar-refractivity contribution in [2.45, 2.75) is 0 Å². The highest BCUT2D eigenvalue weighted by molar-refractivity contribution is 6.20. The molecule has 0 saturated heterocycles. The molecule has 5 nitrogen and oxygen atoms in total. The Morgan fingerprint density at radius 1 is 0.423 bits per heavy atom. The fourth-order valence-corrected chi connectivity index (χ4v) is 7.85. The van der Waals surface area contributed by atoms with Gasteiger partial charge >= 0.3 is 0 Å². The first kappa shape index (κ1) is 28.7. The van der Waals surface area contributed by atoms with Crippen LogP contribution in [-0.2, 0) is 0 Å². The van der Waals surface area contributed by atoms with E-state index in [0.29, 0.717) is 17.5 Å². The van der Waals surface area contributed by atoms with Crippen molar-refractivity contribution in [2.75, 3.05) is 0 Å². The maximum Gasteiger partial charge on any atom is 0.164 e. The van der Waals surface area contributed by atoms with Crippen LogP contribution in [0.4, 0.5) is 0 Å². The Morgan fingerprint density at radius 2 is 1.10 bits per heavy atom. The number of benzene rings is 8. The largest absolute Gasteiger partial charge is 0.454 e. The monoisotopic (exact) mass is 664 g/mol. The van der Waals surface area contributed by atoms with E-state index in [1.807, 2.05) is 42.5 Å². The Morgan fingerprint density at radius 3 is 1.98 bits per heavy atom. The van der Waals surface area contributed by atoms with Crippen molar-refractivity contribution in [3.05, 3.63) is 170 Å². The number of para-hydroxylation sites is 2. The predicted octanol–water partition coefficient (Wildman–Crippen LogP) is 12.2. The number of rotatable bonds is 4. The summed E-state index contributed by atoms with van der Waals surface area (Å²) in [6.07, 6.45) is 0. The molecule has 0 aliphatic heterocycles. The van der Waals surface area contributed by atoms with Crippen LogP contribution in [0.25, 0.3) is 105 Å². The van der Waals surface area contributed by atoms with Gasteiger partial charge in [-0.1, -0.05) is 146 Å². The fraction of sp³-hybridized carbons (Fsp3) is 0. The van der Waals surface area contributed by atoms with Crippen LogP contribution in [0.2, 0.25) is 0 Å². The van der Waals surface area contributed by atoms with Crippen molar-refractivity contribution in [3.63, 3.8) is 0 Å². The molecule has 0 aliphatic carbocycles. The first-order valence-corrected chi connectivity index (χ1v) is 17.5. The Kier molecular flexibility index (Phi) is 6.18. The van der Waals surface area contributed by atoms with Gasteiger partial charge in [0.2, 0.25) is 0 Å². The first-order valence-electron chi connectivity index (χ1n) is 17.5. The standard InChI is InChI=1S/C47H28N4O/c1-2-14-31(15-3-1)45-48-46(33-25-24-29-12-4-5-16-32(29)28-33)50-47(49-45)38-20-11-23-41-42(38)37-19-10-22-40(44(37)52-41)51-39-21-9-8-18-35(39)36-27-26-30-13-6-7-17-34(30)43(36)51/h1-28H. The molecule has 0 fully saturated rings. The van der Waals surface area contributed by atoms with Gasteiger partial charge in [0.15, 0.2) is 23.1 Å². The third-order valence-electron chi connectivity index (χ3n) is 10.2. The minimum atomic E-state index is 0.596. The molecule has 3 aromatic heterocycles. The maximum atomic E-state index is 6.87. The quantitative estimate of drug-likeness (QED) is 0.188. The highest BCUT2D eigenvalue weighted by Gasteiger charge is 2.22.